The summed E-state index contributed by atoms with van der Waals surface area (Å²) >= 11 is 0. The molecule has 0 radical (unpaired) electrons. The van der Waals surface area contributed by atoms with Crippen LogP contribution < -0.4 is 5.32 Å². The number of rotatable bonds is 11. The van der Waals surface area contributed by atoms with Gasteiger partial charge in [-0.05, 0) is 81.1 Å². The number of hydrogen-bond acceptors (Lipinski definition) is 5. The summed E-state index contributed by atoms with van der Waals surface area (Å²) in [5, 5.41) is 6.85. The van der Waals surface area contributed by atoms with Crippen LogP contribution in [0.5, 0.6) is 0 Å². The van der Waals surface area contributed by atoms with Crippen LogP contribution in [0.25, 0.3) is 11.3 Å². The largest absolute Gasteiger partial charge is 0.365 e. The molecule has 0 spiro atoms. The van der Waals surface area contributed by atoms with Crippen LogP contribution in [0.4, 0.5) is 4.39 Å². The van der Waals surface area contributed by atoms with E-state index in [0.717, 1.165) is 37.5 Å². The molecule has 3 aromatic rings. The highest BCUT2D eigenvalue weighted by atomic mass is 19.1. The Hall–Kier alpha value is -3.03. The Kier molecular flexibility index (Phi) is 8.82. The van der Waals surface area contributed by atoms with E-state index in [1.807, 2.05) is 0 Å². The number of ether oxygens (including phenoxy) is 1. The smallest absolute Gasteiger partial charge is 0.246 e. The summed E-state index contributed by atoms with van der Waals surface area (Å²) in [7, 11) is 0. The van der Waals surface area contributed by atoms with Gasteiger partial charge in [-0.25, -0.2) is 4.39 Å². The lowest BCUT2D eigenvalue weighted by Gasteiger charge is -2.32. The van der Waals surface area contributed by atoms with Crippen molar-refractivity contribution < 1.29 is 18.4 Å². The summed E-state index contributed by atoms with van der Waals surface area (Å²) in [4.78, 5) is 14.5. The normalized spacial score (nSPS) is 14.9. The number of halogens is 1. The number of carbonyl (C=O) groups is 1. The van der Waals surface area contributed by atoms with Gasteiger partial charge in [-0.3, -0.25) is 4.79 Å². The number of benzene rings is 2. The first-order valence-corrected chi connectivity index (χ1v) is 12.0. The van der Waals surface area contributed by atoms with Gasteiger partial charge in [0.15, 0.2) is 5.76 Å². The molecule has 1 amide bonds. The van der Waals surface area contributed by atoms with E-state index < -0.39 is 0 Å². The molecule has 2 aromatic carbocycles. The van der Waals surface area contributed by atoms with Gasteiger partial charge >= 0.3 is 0 Å². The van der Waals surface area contributed by atoms with Crippen LogP contribution >= 0.6 is 0 Å². The number of hydrogen-bond donors (Lipinski definition) is 1. The maximum absolute atomic E-state index is 13.0. The van der Waals surface area contributed by atoms with Crippen LogP contribution in [0.3, 0.4) is 0 Å². The van der Waals surface area contributed by atoms with E-state index in [-0.39, 0.29) is 24.9 Å². The van der Waals surface area contributed by atoms with E-state index in [1.165, 1.54) is 37.0 Å². The van der Waals surface area contributed by atoms with Gasteiger partial charge in [-0.15, -0.1) is 0 Å². The molecule has 1 N–H and O–H groups in total. The summed E-state index contributed by atoms with van der Waals surface area (Å²) in [5.74, 6) is 0.865. The Balaban J connectivity index is 1.05. The van der Waals surface area contributed by atoms with Crippen LogP contribution in [0.15, 0.2) is 65.2 Å². The van der Waals surface area contributed by atoms with Crippen LogP contribution in [0.1, 0.15) is 30.5 Å². The summed E-state index contributed by atoms with van der Waals surface area (Å²) in [6.07, 6.45) is 4.58. The fourth-order valence-electron chi connectivity index (χ4n) is 4.32. The zero-order valence-corrected chi connectivity index (χ0v) is 19.4. The van der Waals surface area contributed by atoms with Gasteiger partial charge in [0.1, 0.15) is 18.1 Å². The van der Waals surface area contributed by atoms with Gasteiger partial charge in [0.05, 0.1) is 6.61 Å². The van der Waals surface area contributed by atoms with Crippen LogP contribution in [-0.4, -0.2) is 48.7 Å². The maximum atomic E-state index is 13.0. The molecule has 1 aliphatic rings. The van der Waals surface area contributed by atoms with Crippen LogP contribution in [0, 0.1) is 11.7 Å². The van der Waals surface area contributed by atoms with Gasteiger partial charge in [0.2, 0.25) is 5.91 Å². The van der Waals surface area contributed by atoms with Crippen molar-refractivity contribution in [2.45, 2.75) is 32.3 Å². The number of carbonyl (C=O) groups excluding carboxylic acids is 1. The maximum Gasteiger partial charge on any atom is 0.246 e. The molecule has 6 nitrogen and oxygen atoms in total. The highest BCUT2D eigenvalue weighted by Gasteiger charge is 2.19. The van der Waals surface area contributed by atoms with E-state index >= 15 is 0 Å². The fourth-order valence-corrected chi connectivity index (χ4v) is 4.32. The molecule has 0 saturated carbocycles. The lowest BCUT2D eigenvalue weighted by Crippen LogP contribution is -2.37. The number of piperidine rings is 1. The number of nitrogens with zero attached hydrogens (tertiary/aromatic N) is 2. The third-order valence-electron chi connectivity index (χ3n) is 6.22. The third-order valence-corrected chi connectivity index (χ3v) is 6.22. The molecular weight excluding hydrogens is 433 g/mol. The molecule has 4 rings (SSSR count). The van der Waals surface area contributed by atoms with Crippen molar-refractivity contribution in [1.29, 1.82) is 0 Å². The molecule has 34 heavy (non-hydrogen) atoms. The third kappa shape index (κ3) is 7.50. The fraction of sp³-hybridized carbons (Fsp3) is 0.407. The quantitative estimate of drug-likeness (QED) is 0.424. The minimum atomic E-state index is -0.304. The standard InChI is InChI=1S/C27H32FN3O3/c28-24-9-7-23(8-10-24)26-18-25(30-34-26)19-33-20-27(32)29-13-4-14-31-15-11-22(12-16-31)17-21-5-2-1-3-6-21/h1-3,5-10,18,22H,4,11-17,19-20H2,(H,29,32). The van der Waals surface area contributed by atoms with Crippen molar-refractivity contribution in [3.63, 3.8) is 0 Å². The Morgan fingerprint density at radius 1 is 1.12 bits per heavy atom. The van der Waals surface area contributed by atoms with Gasteiger partial charge in [0.25, 0.3) is 0 Å². The Morgan fingerprint density at radius 3 is 2.65 bits per heavy atom. The molecule has 1 saturated heterocycles. The Morgan fingerprint density at radius 2 is 1.88 bits per heavy atom. The molecule has 1 aromatic heterocycles. The van der Waals surface area contributed by atoms with E-state index in [9.17, 15) is 9.18 Å². The van der Waals surface area contributed by atoms with E-state index in [0.29, 0.717) is 18.0 Å². The minimum Gasteiger partial charge on any atom is -0.365 e. The highest BCUT2D eigenvalue weighted by Crippen LogP contribution is 2.22. The minimum absolute atomic E-state index is 0.0242. The number of nitrogens with one attached hydrogen (secondary N) is 1. The SMILES string of the molecule is O=C(COCc1cc(-c2ccc(F)cc2)on1)NCCCN1CCC(Cc2ccccc2)CC1. The lowest BCUT2D eigenvalue weighted by molar-refractivity contribution is -0.126. The Labute approximate surface area is 200 Å². The first-order valence-electron chi connectivity index (χ1n) is 12.0. The monoisotopic (exact) mass is 465 g/mol. The topological polar surface area (TPSA) is 67.6 Å². The predicted octanol–water partition coefficient (Wildman–Crippen LogP) is 4.46. The molecule has 0 unspecified atom stereocenters. The molecule has 1 aliphatic heterocycles. The van der Waals surface area contributed by atoms with Crippen molar-refractivity contribution in [1.82, 2.24) is 15.4 Å². The molecule has 0 atom stereocenters. The zero-order chi connectivity index (χ0) is 23.6. The van der Waals surface area contributed by atoms with E-state index in [1.54, 1.807) is 18.2 Å². The van der Waals surface area contributed by atoms with Gasteiger partial charge in [-0.2, -0.15) is 0 Å². The van der Waals surface area contributed by atoms with Crippen molar-refractivity contribution in [2.24, 2.45) is 5.92 Å². The number of aromatic nitrogens is 1. The second kappa shape index (κ2) is 12.4. The number of amides is 1. The Bertz CT molecular complexity index is 1020. The van der Waals surface area contributed by atoms with Gasteiger partial charge in [0, 0.05) is 18.2 Å². The highest BCUT2D eigenvalue weighted by molar-refractivity contribution is 5.77. The van der Waals surface area contributed by atoms with Crippen molar-refractivity contribution >= 4 is 5.91 Å². The molecule has 180 valence electrons. The van der Waals surface area contributed by atoms with Crippen molar-refractivity contribution in [3.05, 3.63) is 77.7 Å². The van der Waals surface area contributed by atoms with Crippen molar-refractivity contribution in [2.75, 3.05) is 32.8 Å². The summed E-state index contributed by atoms with van der Waals surface area (Å²) in [6.45, 7) is 4.06. The average molecular weight is 466 g/mol. The zero-order valence-electron chi connectivity index (χ0n) is 19.4. The lowest BCUT2D eigenvalue weighted by atomic mass is 9.90. The van der Waals surface area contributed by atoms with E-state index in [2.05, 4.69) is 45.7 Å². The second-order valence-corrected chi connectivity index (χ2v) is 8.86. The first kappa shape index (κ1) is 24.1. The molecule has 1 fully saturated rings. The van der Waals surface area contributed by atoms with E-state index in [4.69, 9.17) is 9.26 Å². The average Bonchev–Trinajstić information content (AvgIpc) is 3.33. The first-order chi connectivity index (χ1) is 16.7. The molecule has 2 heterocycles. The second-order valence-electron chi connectivity index (χ2n) is 8.86. The molecule has 0 bridgehead atoms. The number of likely N-dealkylation sites (tertiary alicyclic amines) is 1. The predicted molar refractivity (Wildman–Crippen MR) is 128 cm³/mol. The summed E-state index contributed by atoms with van der Waals surface area (Å²) in [6, 6.07) is 18.5. The molecule has 0 aliphatic carbocycles. The summed E-state index contributed by atoms with van der Waals surface area (Å²) < 4.78 is 23.7. The molecular formula is C27H32FN3O3. The van der Waals surface area contributed by atoms with Gasteiger partial charge in [-0.1, -0.05) is 35.5 Å². The molecule has 7 heteroatoms. The van der Waals surface area contributed by atoms with Crippen LogP contribution in [0.2, 0.25) is 0 Å². The van der Waals surface area contributed by atoms with Gasteiger partial charge < -0.3 is 19.5 Å². The van der Waals surface area contributed by atoms with Crippen LogP contribution in [-0.2, 0) is 22.6 Å². The van der Waals surface area contributed by atoms with Crippen molar-refractivity contribution in [3.8, 4) is 11.3 Å². The summed E-state index contributed by atoms with van der Waals surface area (Å²) in [5.41, 5.74) is 2.75.